The van der Waals surface area contributed by atoms with Gasteiger partial charge in [0.25, 0.3) is 0 Å². The summed E-state index contributed by atoms with van der Waals surface area (Å²) in [6.07, 6.45) is 0.244. The van der Waals surface area contributed by atoms with Gasteiger partial charge in [-0.2, -0.15) is 0 Å². The molecule has 2 atom stereocenters. The van der Waals surface area contributed by atoms with Gasteiger partial charge in [0.2, 0.25) is 0 Å². The standard InChI is InChI=1S/C15H16O2/c1-2-9-17-15-12-8-4-6-10-5-3-7-11(13(10)12)14(15)16/h3-8,14-16H,2,9H2,1H3. The van der Waals surface area contributed by atoms with Crippen LogP contribution >= 0.6 is 0 Å². The van der Waals surface area contributed by atoms with E-state index in [9.17, 15) is 5.11 Å². The summed E-state index contributed by atoms with van der Waals surface area (Å²) >= 11 is 0. The highest BCUT2D eigenvalue weighted by molar-refractivity contribution is 5.91. The molecule has 0 fully saturated rings. The maximum absolute atomic E-state index is 10.3. The second kappa shape index (κ2) is 4.13. The van der Waals surface area contributed by atoms with Crippen molar-refractivity contribution < 1.29 is 9.84 Å². The summed E-state index contributed by atoms with van der Waals surface area (Å²) in [4.78, 5) is 0. The summed E-state index contributed by atoms with van der Waals surface area (Å²) in [5, 5.41) is 12.7. The van der Waals surface area contributed by atoms with Crippen molar-refractivity contribution in [3.63, 3.8) is 0 Å². The number of aliphatic hydroxyl groups is 1. The van der Waals surface area contributed by atoms with Crippen LogP contribution in [0.3, 0.4) is 0 Å². The Morgan fingerprint density at radius 2 is 1.82 bits per heavy atom. The van der Waals surface area contributed by atoms with Crippen LogP contribution in [0.25, 0.3) is 10.8 Å². The molecule has 2 aromatic carbocycles. The summed E-state index contributed by atoms with van der Waals surface area (Å²) in [7, 11) is 0. The molecule has 0 aromatic heterocycles. The van der Waals surface area contributed by atoms with Crippen LogP contribution in [-0.2, 0) is 4.74 Å². The van der Waals surface area contributed by atoms with Crippen molar-refractivity contribution in [1.82, 2.24) is 0 Å². The monoisotopic (exact) mass is 228 g/mol. The normalized spacial score (nSPS) is 22.2. The molecular weight excluding hydrogens is 212 g/mol. The highest BCUT2D eigenvalue weighted by Gasteiger charge is 2.33. The lowest BCUT2D eigenvalue weighted by molar-refractivity contribution is -0.0345. The fourth-order valence-electron chi connectivity index (χ4n) is 2.64. The molecule has 17 heavy (non-hydrogen) atoms. The van der Waals surface area contributed by atoms with Crippen LogP contribution in [-0.4, -0.2) is 11.7 Å². The number of hydrogen-bond donors (Lipinski definition) is 1. The first-order valence-corrected chi connectivity index (χ1v) is 6.14. The molecule has 0 saturated heterocycles. The van der Waals surface area contributed by atoms with Gasteiger partial charge in [0.05, 0.1) is 0 Å². The predicted octanol–water partition coefficient (Wildman–Crippen LogP) is 3.35. The van der Waals surface area contributed by atoms with Crippen LogP contribution in [0, 0.1) is 0 Å². The second-order valence-corrected chi connectivity index (χ2v) is 4.53. The molecule has 0 bridgehead atoms. The lowest BCUT2D eigenvalue weighted by Crippen LogP contribution is -2.09. The fraction of sp³-hybridized carbons (Fsp3) is 0.333. The van der Waals surface area contributed by atoms with E-state index in [0.717, 1.165) is 17.5 Å². The molecule has 0 heterocycles. The van der Waals surface area contributed by atoms with Gasteiger partial charge in [-0.1, -0.05) is 43.3 Å². The second-order valence-electron chi connectivity index (χ2n) is 4.53. The largest absolute Gasteiger partial charge is 0.385 e. The van der Waals surface area contributed by atoms with Gasteiger partial charge in [0.1, 0.15) is 12.2 Å². The summed E-state index contributed by atoms with van der Waals surface area (Å²) < 4.78 is 5.79. The molecule has 2 aromatic rings. The topological polar surface area (TPSA) is 29.5 Å². The molecule has 1 aliphatic carbocycles. The van der Waals surface area contributed by atoms with Crippen molar-refractivity contribution in [2.45, 2.75) is 25.6 Å². The van der Waals surface area contributed by atoms with Gasteiger partial charge >= 0.3 is 0 Å². The Morgan fingerprint density at radius 3 is 2.53 bits per heavy atom. The van der Waals surface area contributed by atoms with Crippen molar-refractivity contribution >= 4 is 10.8 Å². The van der Waals surface area contributed by atoms with Gasteiger partial charge in [-0.05, 0) is 28.3 Å². The number of hydrogen-bond acceptors (Lipinski definition) is 2. The minimum absolute atomic E-state index is 0.198. The Balaban J connectivity index is 2.13. The molecule has 3 rings (SSSR count). The third kappa shape index (κ3) is 1.56. The molecule has 0 aliphatic heterocycles. The van der Waals surface area contributed by atoms with Crippen LogP contribution < -0.4 is 0 Å². The van der Waals surface area contributed by atoms with Gasteiger partial charge in [0, 0.05) is 6.61 Å². The molecular formula is C15H16O2. The molecule has 0 radical (unpaired) electrons. The fourth-order valence-corrected chi connectivity index (χ4v) is 2.64. The van der Waals surface area contributed by atoms with Crippen molar-refractivity contribution in [2.75, 3.05) is 6.61 Å². The Hall–Kier alpha value is -1.38. The van der Waals surface area contributed by atoms with Crippen molar-refractivity contribution in [2.24, 2.45) is 0 Å². The number of aliphatic hydroxyl groups excluding tert-OH is 1. The molecule has 1 aliphatic rings. The quantitative estimate of drug-likeness (QED) is 0.872. The van der Waals surface area contributed by atoms with Crippen molar-refractivity contribution in [3.8, 4) is 0 Å². The maximum Gasteiger partial charge on any atom is 0.113 e. The van der Waals surface area contributed by atoms with E-state index in [2.05, 4.69) is 25.1 Å². The first-order chi connectivity index (χ1) is 8.33. The van der Waals surface area contributed by atoms with Crippen LogP contribution in [0.15, 0.2) is 36.4 Å². The number of benzene rings is 2. The summed E-state index contributed by atoms with van der Waals surface area (Å²) in [6, 6.07) is 12.2. The van der Waals surface area contributed by atoms with E-state index in [1.54, 1.807) is 0 Å². The molecule has 2 nitrogen and oxygen atoms in total. The van der Waals surface area contributed by atoms with E-state index in [0.29, 0.717) is 6.61 Å². The highest BCUT2D eigenvalue weighted by atomic mass is 16.5. The molecule has 0 amide bonds. The molecule has 0 spiro atoms. The average molecular weight is 228 g/mol. The SMILES string of the molecule is CCCOC1c2cccc3cccc(c23)C1O. The Labute approximate surface area is 101 Å². The average Bonchev–Trinajstić information content (AvgIpc) is 2.64. The molecule has 2 unspecified atom stereocenters. The summed E-state index contributed by atoms with van der Waals surface area (Å²) in [6.45, 7) is 2.77. The van der Waals surface area contributed by atoms with Crippen LogP contribution in [0.2, 0.25) is 0 Å². The molecule has 0 saturated carbocycles. The Morgan fingerprint density at radius 1 is 1.12 bits per heavy atom. The van der Waals surface area contributed by atoms with E-state index in [-0.39, 0.29) is 6.10 Å². The lowest BCUT2D eigenvalue weighted by Gasteiger charge is -2.17. The zero-order chi connectivity index (χ0) is 11.8. The van der Waals surface area contributed by atoms with Crippen LogP contribution in [0.4, 0.5) is 0 Å². The van der Waals surface area contributed by atoms with E-state index in [4.69, 9.17) is 4.74 Å². The van der Waals surface area contributed by atoms with Gasteiger partial charge in [-0.25, -0.2) is 0 Å². The predicted molar refractivity (Wildman–Crippen MR) is 67.9 cm³/mol. The lowest BCUT2D eigenvalue weighted by atomic mass is 10.1. The van der Waals surface area contributed by atoms with E-state index < -0.39 is 6.10 Å². The molecule has 88 valence electrons. The van der Waals surface area contributed by atoms with Gasteiger partial charge in [-0.3, -0.25) is 0 Å². The van der Waals surface area contributed by atoms with E-state index in [1.807, 2.05) is 18.2 Å². The van der Waals surface area contributed by atoms with Gasteiger partial charge in [-0.15, -0.1) is 0 Å². The number of rotatable bonds is 3. The highest BCUT2D eigenvalue weighted by Crippen LogP contribution is 2.45. The van der Waals surface area contributed by atoms with E-state index in [1.165, 1.54) is 10.8 Å². The first-order valence-electron chi connectivity index (χ1n) is 6.14. The maximum atomic E-state index is 10.3. The third-order valence-electron chi connectivity index (χ3n) is 3.38. The Kier molecular flexibility index (Phi) is 2.61. The van der Waals surface area contributed by atoms with Crippen molar-refractivity contribution in [3.05, 3.63) is 47.5 Å². The smallest absolute Gasteiger partial charge is 0.113 e. The zero-order valence-electron chi connectivity index (χ0n) is 9.89. The van der Waals surface area contributed by atoms with Crippen LogP contribution in [0.5, 0.6) is 0 Å². The zero-order valence-corrected chi connectivity index (χ0v) is 9.89. The minimum Gasteiger partial charge on any atom is -0.385 e. The van der Waals surface area contributed by atoms with Gasteiger partial charge in [0.15, 0.2) is 0 Å². The molecule has 2 heteroatoms. The summed E-state index contributed by atoms with van der Waals surface area (Å²) in [5.74, 6) is 0. The third-order valence-corrected chi connectivity index (χ3v) is 3.38. The van der Waals surface area contributed by atoms with Crippen LogP contribution in [0.1, 0.15) is 36.7 Å². The van der Waals surface area contributed by atoms with E-state index >= 15 is 0 Å². The van der Waals surface area contributed by atoms with Gasteiger partial charge < -0.3 is 9.84 Å². The molecule has 1 N–H and O–H groups in total. The summed E-state index contributed by atoms with van der Waals surface area (Å²) in [5.41, 5.74) is 2.12. The van der Waals surface area contributed by atoms with Crippen molar-refractivity contribution in [1.29, 1.82) is 0 Å². The number of ether oxygens (including phenoxy) is 1. The Bertz CT molecular complexity index is 542. The minimum atomic E-state index is -0.525. The first kappa shape index (κ1) is 10.8.